The molecule has 4 aromatic rings. The van der Waals surface area contributed by atoms with Crippen LogP contribution in [0.25, 0.3) is 16.9 Å². The fourth-order valence-electron chi connectivity index (χ4n) is 4.34. The largest absolute Gasteiger partial charge is 0.332 e. The lowest BCUT2D eigenvalue weighted by atomic mass is 10.0. The van der Waals surface area contributed by atoms with Crippen LogP contribution in [-0.4, -0.2) is 32.3 Å². The highest BCUT2D eigenvalue weighted by atomic mass is 35.5. The van der Waals surface area contributed by atoms with E-state index >= 15 is 0 Å². The smallest absolute Gasteiger partial charge is 0.254 e. The fourth-order valence-corrected chi connectivity index (χ4v) is 4.60. The summed E-state index contributed by atoms with van der Waals surface area (Å²) < 4.78 is 1.79. The van der Waals surface area contributed by atoms with E-state index in [9.17, 15) is 4.79 Å². The van der Waals surface area contributed by atoms with Crippen molar-refractivity contribution in [3.05, 3.63) is 101 Å². The number of hydrogen-bond acceptors (Lipinski definition) is 3. The molecule has 5 nitrogen and oxygen atoms in total. The van der Waals surface area contributed by atoms with Gasteiger partial charge in [-0.15, -0.1) is 5.10 Å². The molecule has 2 heterocycles. The molecule has 0 aliphatic carbocycles. The van der Waals surface area contributed by atoms with E-state index in [0.29, 0.717) is 10.6 Å². The molecule has 1 aliphatic rings. The number of rotatable bonds is 4. The SMILES string of the molecule is Cc1ccc(-c2cnnn2-c2ccc(C(=O)N3CCC[C@@H]3c3ccccc3Cl)cc2)cc1. The van der Waals surface area contributed by atoms with Gasteiger partial charge in [-0.1, -0.05) is 64.8 Å². The molecular weight excluding hydrogens is 420 g/mol. The summed E-state index contributed by atoms with van der Waals surface area (Å²) in [6.07, 6.45) is 3.65. The summed E-state index contributed by atoms with van der Waals surface area (Å²) in [6.45, 7) is 2.79. The van der Waals surface area contributed by atoms with Crippen molar-refractivity contribution in [3.63, 3.8) is 0 Å². The number of aryl methyl sites for hydroxylation is 1. The van der Waals surface area contributed by atoms with Gasteiger partial charge in [0.1, 0.15) is 0 Å². The standard InChI is InChI=1S/C26H23ClN4O/c1-18-8-10-19(11-9-18)25-17-28-29-31(25)21-14-12-20(13-15-21)26(32)30-16-4-7-24(30)22-5-2-3-6-23(22)27/h2-3,5-6,8-15,17,24H,4,7,16H2,1H3/t24-/m1/s1. The molecule has 5 rings (SSSR count). The van der Waals surface area contributed by atoms with E-state index in [1.165, 1.54) is 5.56 Å². The molecule has 1 atom stereocenters. The number of halogens is 1. The van der Waals surface area contributed by atoms with Gasteiger partial charge in [0.25, 0.3) is 5.91 Å². The molecule has 3 aromatic carbocycles. The Hall–Kier alpha value is -3.44. The molecule has 0 radical (unpaired) electrons. The zero-order chi connectivity index (χ0) is 22.1. The molecule has 32 heavy (non-hydrogen) atoms. The van der Waals surface area contributed by atoms with Crippen molar-refractivity contribution in [2.45, 2.75) is 25.8 Å². The average molecular weight is 443 g/mol. The molecule has 1 aromatic heterocycles. The third-order valence-corrected chi connectivity index (χ3v) is 6.38. The first-order valence-electron chi connectivity index (χ1n) is 10.8. The first kappa shape index (κ1) is 20.5. The molecule has 1 aliphatic heterocycles. The van der Waals surface area contributed by atoms with Crippen molar-refractivity contribution in [1.82, 2.24) is 19.9 Å². The predicted molar refractivity (Wildman–Crippen MR) is 126 cm³/mol. The van der Waals surface area contributed by atoms with E-state index in [1.54, 1.807) is 10.9 Å². The van der Waals surface area contributed by atoms with Gasteiger partial charge in [0, 0.05) is 22.7 Å². The summed E-state index contributed by atoms with van der Waals surface area (Å²) in [5.41, 5.74) is 5.68. The summed E-state index contributed by atoms with van der Waals surface area (Å²) in [7, 11) is 0. The fraction of sp³-hybridized carbons (Fsp3) is 0.192. The molecule has 1 amide bonds. The van der Waals surface area contributed by atoms with Gasteiger partial charge in [0.05, 0.1) is 23.6 Å². The lowest BCUT2D eigenvalue weighted by Crippen LogP contribution is -2.30. The van der Waals surface area contributed by atoms with E-state index in [2.05, 4.69) is 41.5 Å². The normalized spacial score (nSPS) is 15.8. The zero-order valence-corrected chi connectivity index (χ0v) is 18.5. The van der Waals surface area contributed by atoms with Crippen molar-refractivity contribution in [3.8, 4) is 16.9 Å². The maximum atomic E-state index is 13.3. The highest BCUT2D eigenvalue weighted by Crippen LogP contribution is 2.36. The van der Waals surface area contributed by atoms with Gasteiger partial charge in [0.15, 0.2) is 0 Å². The number of carbonyl (C=O) groups excluding carboxylic acids is 1. The summed E-state index contributed by atoms with van der Waals surface area (Å²) in [4.78, 5) is 15.2. The number of benzene rings is 3. The predicted octanol–water partition coefficient (Wildman–Crippen LogP) is 5.87. The Kier molecular flexibility index (Phi) is 5.50. The molecule has 1 saturated heterocycles. The van der Waals surface area contributed by atoms with Crippen LogP contribution in [0.1, 0.15) is 40.4 Å². The number of likely N-dealkylation sites (tertiary alicyclic amines) is 1. The van der Waals surface area contributed by atoms with Crippen LogP contribution in [-0.2, 0) is 0 Å². The van der Waals surface area contributed by atoms with E-state index in [0.717, 1.165) is 41.9 Å². The van der Waals surface area contributed by atoms with E-state index in [1.807, 2.05) is 53.4 Å². The van der Waals surface area contributed by atoms with Crippen molar-refractivity contribution in [2.75, 3.05) is 6.54 Å². The number of carbonyl (C=O) groups is 1. The molecule has 1 fully saturated rings. The van der Waals surface area contributed by atoms with Crippen molar-refractivity contribution in [1.29, 1.82) is 0 Å². The van der Waals surface area contributed by atoms with E-state index in [-0.39, 0.29) is 11.9 Å². The van der Waals surface area contributed by atoms with Gasteiger partial charge in [-0.3, -0.25) is 4.79 Å². The third kappa shape index (κ3) is 3.80. The summed E-state index contributed by atoms with van der Waals surface area (Å²) in [6, 6.07) is 23.6. The molecule has 6 heteroatoms. The highest BCUT2D eigenvalue weighted by Gasteiger charge is 2.31. The van der Waals surface area contributed by atoms with Crippen LogP contribution in [0.3, 0.4) is 0 Å². The van der Waals surface area contributed by atoms with Crippen LogP contribution in [0.2, 0.25) is 5.02 Å². The minimum absolute atomic E-state index is 0.0133. The number of aromatic nitrogens is 3. The molecule has 160 valence electrons. The number of nitrogens with zero attached hydrogens (tertiary/aromatic N) is 4. The molecule has 0 N–H and O–H groups in total. The molecular formula is C26H23ClN4O. The molecule has 0 saturated carbocycles. The Morgan fingerprint density at radius 1 is 1.00 bits per heavy atom. The Balaban J connectivity index is 1.40. The number of amides is 1. The maximum absolute atomic E-state index is 13.3. The molecule has 0 bridgehead atoms. The minimum Gasteiger partial charge on any atom is -0.332 e. The van der Waals surface area contributed by atoms with Gasteiger partial charge < -0.3 is 4.90 Å². The number of hydrogen-bond donors (Lipinski definition) is 0. The van der Waals surface area contributed by atoms with Crippen LogP contribution >= 0.6 is 11.6 Å². The van der Waals surface area contributed by atoms with Crippen LogP contribution in [0, 0.1) is 6.92 Å². The molecule has 0 unspecified atom stereocenters. The Bertz CT molecular complexity index is 1250. The Morgan fingerprint density at radius 3 is 2.50 bits per heavy atom. The van der Waals surface area contributed by atoms with Crippen molar-refractivity contribution >= 4 is 17.5 Å². The van der Waals surface area contributed by atoms with Crippen molar-refractivity contribution in [2.24, 2.45) is 0 Å². The van der Waals surface area contributed by atoms with Gasteiger partial charge in [-0.05, 0) is 55.7 Å². The van der Waals surface area contributed by atoms with Crippen LogP contribution in [0.4, 0.5) is 0 Å². The van der Waals surface area contributed by atoms with Gasteiger partial charge in [-0.25, -0.2) is 4.68 Å². The van der Waals surface area contributed by atoms with E-state index < -0.39 is 0 Å². The second-order valence-corrected chi connectivity index (χ2v) is 8.53. The van der Waals surface area contributed by atoms with Crippen LogP contribution in [0.5, 0.6) is 0 Å². The van der Waals surface area contributed by atoms with Gasteiger partial charge >= 0.3 is 0 Å². The summed E-state index contributed by atoms with van der Waals surface area (Å²) >= 11 is 6.42. The lowest BCUT2D eigenvalue weighted by molar-refractivity contribution is 0.0736. The zero-order valence-electron chi connectivity index (χ0n) is 17.8. The van der Waals surface area contributed by atoms with E-state index in [4.69, 9.17) is 11.6 Å². The summed E-state index contributed by atoms with van der Waals surface area (Å²) in [5.74, 6) is 0.0244. The van der Waals surface area contributed by atoms with Crippen LogP contribution < -0.4 is 0 Å². The van der Waals surface area contributed by atoms with Crippen molar-refractivity contribution < 1.29 is 4.79 Å². The van der Waals surface area contributed by atoms with Gasteiger partial charge in [-0.2, -0.15) is 0 Å². The van der Waals surface area contributed by atoms with Crippen LogP contribution in [0.15, 0.2) is 79.0 Å². The second kappa shape index (κ2) is 8.60. The third-order valence-electron chi connectivity index (χ3n) is 6.03. The lowest BCUT2D eigenvalue weighted by Gasteiger charge is -2.26. The Labute approximate surface area is 192 Å². The monoisotopic (exact) mass is 442 g/mol. The summed E-state index contributed by atoms with van der Waals surface area (Å²) in [5, 5.41) is 9.06. The minimum atomic E-state index is 0.0133. The first-order chi connectivity index (χ1) is 15.6. The average Bonchev–Trinajstić information content (AvgIpc) is 3.50. The Morgan fingerprint density at radius 2 is 1.75 bits per heavy atom. The maximum Gasteiger partial charge on any atom is 0.254 e. The first-order valence-corrected chi connectivity index (χ1v) is 11.1. The molecule has 0 spiro atoms. The highest BCUT2D eigenvalue weighted by molar-refractivity contribution is 6.31. The van der Waals surface area contributed by atoms with Gasteiger partial charge in [0.2, 0.25) is 0 Å². The second-order valence-electron chi connectivity index (χ2n) is 8.12. The topological polar surface area (TPSA) is 51.0 Å². The quantitative estimate of drug-likeness (QED) is 0.397.